The highest BCUT2D eigenvalue weighted by molar-refractivity contribution is 7.92. The van der Waals surface area contributed by atoms with E-state index in [-0.39, 0.29) is 4.90 Å². The first-order valence-corrected chi connectivity index (χ1v) is 7.99. The fraction of sp³-hybridized carbons (Fsp3) is 0.0667. The van der Waals surface area contributed by atoms with Crippen LogP contribution in [0, 0.1) is 6.92 Å². The van der Waals surface area contributed by atoms with Crippen LogP contribution in [0.15, 0.2) is 64.3 Å². The van der Waals surface area contributed by atoms with Gasteiger partial charge in [-0.1, -0.05) is 0 Å². The van der Waals surface area contributed by atoms with E-state index in [1.165, 1.54) is 18.3 Å². The maximum absolute atomic E-state index is 12.3. The van der Waals surface area contributed by atoms with E-state index in [9.17, 15) is 8.42 Å². The van der Waals surface area contributed by atoms with Gasteiger partial charge in [0.15, 0.2) is 11.7 Å². The van der Waals surface area contributed by atoms with Gasteiger partial charge in [-0.05, 0) is 36.4 Å². The summed E-state index contributed by atoms with van der Waals surface area (Å²) in [7, 11) is -3.64. The first kappa shape index (κ1) is 14.3. The molecule has 0 aliphatic heterocycles. The Labute approximate surface area is 127 Å². The van der Waals surface area contributed by atoms with Crippen molar-refractivity contribution in [3.63, 3.8) is 0 Å². The van der Waals surface area contributed by atoms with E-state index in [1.807, 2.05) is 0 Å². The second kappa shape index (κ2) is 5.61. The van der Waals surface area contributed by atoms with Crippen LogP contribution in [-0.4, -0.2) is 18.4 Å². The number of oxazole rings is 1. The van der Waals surface area contributed by atoms with Gasteiger partial charge in [0.1, 0.15) is 0 Å². The molecule has 0 aliphatic carbocycles. The van der Waals surface area contributed by atoms with Gasteiger partial charge < -0.3 is 4.42 Å². The van der Waals surface area contributed by atoms with E-state index in [2.05, 4.69) is 14.7 Å². The topological polar surface area (TPSA) is 85.1 Å². The number of aryl methyl sites for hydroxylation is 1. The molecule has 3 rings (SSSR count). The van der Waals surface area contributed by atoms with Gasteiger partial charge in [-0.25, -0.2) is 13.4 Å². The fourth-order valence-electron chi connectivity index (χ4n) is 1.93. The molecule has 6 nitrogen and oxygen atoms in total. The molecule has 0 bridgehead atoms. The average molecular weight is 315 g/mol. The van der Waals surface area contributed by atoms with Crippen LogP contribution >= 0.6 is 0 Å². The second-order valence-corrected chi connectivity index (χ2v) is 6.30. The molecule has 0 spiro atoms. The van der Waals surface area contributed by atoms with Crippen molar-refractivity contribution in [2.24, 2.45) is 0 Å². The number of sulfonamides is 1. The Hall–Kier alpha value is -2.67. The summed E-state index contributed by atoms with van der Waals surface area (Å²) in [6.45, 7) is 1.75. The number of aromatic nitrogens is 2. The Kier molecular flexibility index (Phi) is 3.64. The standard InChI is InChI=1S/C15H13N3O3S/c1-11-17-10-15(21-11)12-4-6-14(7-5-12)22(19,20)18-13-3-2-8-16-9-13/h2-10,18H,1H3. The minimum atomic E-state index is -3.64. The first-order valence-electron chi connectivity index (χ1n) is 6.50. The van der Waals surface area contributed by atoms with Crippen molar-refractivity contribution in [3.05, 3.63) is 60.9 Å². The molecule has 1 N–H and O–H groups in total. The molecule has 2 aromatic heterocycles. The molecular formula is C15H13N3O3S. The summed E-state index contributed by atoms with van der Waals surface area (Å²) in [5, 5.41) is 0. The van der Waals surface area contributed by atoms with Crippen molar-refractivity contribution in [1.29, 1.82) is 0 Å². The van der Waals surface area contributed by atoms with Crippen LogP contribution < -0.4 is 4.72 Å². The van der Waals surface area contributed by atoms with Crippen LogP contribution in [0.4, 0.5) is 5.69 Å². The Morgan fingerprint density at radius 1 is 1.09 bits per heavy atom. The SMILES string of the molecule is Cc1ncc(-c2ccc(S(=O)(=O)Nc3cccnc3)cc2)o1. The minimum Gasteiger partial charge on any atom is -0.441 e. The predicted molar refractivity (Wildman–Crippen MR) is 81.7 cm³/mol. The van der Waals surface area contributed by atoms with Crippen LogP contribution in [0.3, 0.4) is 0 Å². The molecule has 0 saturated heterocycles. The van der Waals surface area contributed by atoms with Crippen molar-refractivity contribution >= 4 is 15.7 Å². The number of nitrogens with one attached hydrogen (secondary N) is 1. The lowest BCUT2D eigenvalue weighted by Gasteiger charge is -2.07. The van der Waals surface area contributed by atoms with Gasteiger partial charge in [0.25, 0.3) is 10.0 Å². The number of nitrogens with zero attached hydrogens (tertiary/aromatic N) is 2. The third-order valence-corrected chi connectivity index (χ3v) is 4.38. The van der Waals surface area contributed by atoms with Gasteiger partial charge in [0, 0.05) is 18.7 Å². The summed E-state index contributed by atoms with van der Waals surface area (Å²) in [4.78, 5) is 8.05. The Morgan fingerprint density at radius 2 is 1.86 bits per heavy atom. The van der Waals surface area contributed by atoms with E-state index >= 15 is 0 Å². The van der Waals surface area contributed by atoms with Gasteiger partial charge in [-0.3, -0.25) is 9.71 Å². The molecule has 2 heterocycles. The Bertz CT molecular complexity index is 872. The molecule has 0 atom stereocenters. The van der Waals surface area contributed by atoms with Gasteiger partial charge in [-0.2, -0.15) is 0 Å². The fourth-order valence-corrected chi connectivity index (χ4v) is 2.97. The summed E-state index contributed by atoms with van der Waals surface area (Å²) in [6.07, 6.45) is 4.63. The lowest BCUT2D eigenvalue weighted by molar-refractivity contribution is 0.534. The summed E-state index contributed by atoms with van der Waals surface area (Å²) >= 11 is 0. The van der Waals surface area contributed by atoms with Crippen LogP contribution in [0.2, 0.25) is 0 Å². The molecule has 22 heavy (non-hydrogen) atoms. The van der Waals surface area contributed by atoms with E-state index in [0.717, 1.165) is 5.56 Å². The first-order chi connectivity index (χ1) is 10.5. The van der Waals surface area contributed by atoms with E-state index in [0.29, 0.717) is 17.3 Å². The number of anilines is 1. The number of pyridine rings is 1. The number of benzene rings is 1. The van der Waals surface area contributed by atoms with Crippen LogP contribution in [0.5, 0.6) is 0 Å². The minimum absolute atomic E-state index is 0.163. The molecule has 3 aromatic rings. The molecule has 0 saturated carbocycles. The van der Waals surface area contributed by atoms with Gasteiger partial charge >= 0.3 is 0 Å². The summed E-state index contributed by atoms with van der Waals surface area (Å²) in [6, 6.07) is 9.69. The van der Waals surface area contributed by atoms with Gasteiger partial charge in [-0.15, -0.1) is 0 Å². The van der Waals surface area contributed by atoms with Crippen LogP contribution in [-0.2, 0) is 10.0 Å². The third kappa shape index (κ3) is 2.99. The summed E-state index contributed by atoms with van der Waals surface area (Å²) in [5.74, 6) is 1.16. The average Bonchev–Trinajstić information content (AvgIpc) is 2.95. The van der Waals surface area contributed by atoms with Gasteiger partial charge in [0.05, 0.1) is 23.0 Å². The summed E-state index contributed by atoms with van der Waals surface area (Å²) < 4.78 is 32.4. The number of hydrogen-bond acceptors (Lipinski definition) is 5. The molecule has 112 valence electrons. The largest absolute Gasteiger partial charge is 0.441 e. The van der Waals surface area contributed by atoms with Crippen LogP contribution in [0.1, 0.15) is 5.89 Å². The second-order valence-electron chi connectivity index (χ2n) is 4.62. The third-order valence-electron chi connectivity index (χ3n) is 2.98. The van der Waals surface area contributed by atoms with E-state index in [4.69, 9.17) is 4.42 Å². The van der Waals surface area contributed by atoms with E-state index < -0.39 is 10.0 Å². The Balaban J connectivity index is 1.86. The molecule has 0 radical (unpaired) electrons. The van der Waals surface area contributed by atoms with Crippen molar-refractivity contribution < 1.29 is 12.8 Å². The van der Waals surface area contributed by atoms with Crippen molar-refractivity contribution in [2.45, 2.75) is 11.8 Å². The highest BCUT2D eigenvalue weighted by Gasteiger charge is 2.14. The monoisotopic (exact) mass is 315 g/mol. The lowest BCUT2D eigenvalue weighted by atomic mass is 10.2. The van der Waals surface area contributed by atoms with Gasteiger partial charge in [0.2, 0.25) is 0 Å². The highest BCUT2D eigenvalue weighted by Crippen LogP contribution is 2.23. The van der Waals surface area contributed by atoms with E-state index in [1.54, 1.807) is 43.6 Å². The zero-order valence-corrected chi connectivity index (χ0v) is 12.5. The zero-order chi connectivity index (χ0) is 15.6. The zero-order valence-electron chi connectivity index (χ0n) is 11.7. The molecule has 0 aliphatic rings. The number of rotatable bonds is 4. The van der Waals surface area contributed by atoms with Crippen molar-refractivity contribution in [1.82, 2.24) is 9.97 Å². The smallest absolute Gasteiger partial charge is 0.261 e. The number of hydrogen-bond donors (Lipinski definition) is 1. The predicted octanol–water partition coefficient (Wildman–Crippen LogP) is 2.85. The van der Waals surface area contributed by atoms with Crippen molar-refractivity contribution in [2.75, 3.05) is 4.72 Å². The molecule has 1 aromatic carbocycles. The molecule has 0 amide bonds. The summed E-state index contributed by atoms with van der Waals surface area (Å²) in [5.41, 5.74) is 1.18. The quantitative estimate of drug-likeness (QED) is 0.800. The molecular weight excluding hydrogens is 302 g/mol. The van der Waals surface area contributed by atoms with Crippen molar-refractivity contribution in [3.8, 4) is 11.3 Å². The van der Waals surface area contributed by atoms with Crippen LogP contribution in [0.25, 0.3) is 11.3 Å². The highest BCUT2D eigenvalue weighted by atomic mass is 32.2. The molecule has 7 heteroatoms. The normalized spacial score (nSPS) is 11.3. The molecule has 0 fully saturated rings. The maximum Gasteiger partial charge on any atom is 0.261 e. The Morgan fingerprint density at radius 3 is 2.45 bits per heavy atom. The maximum atomic E-state index is 12.3. The lowest BCUT2D eigenvalue weighted by Crippen LogP contribution is -2.12. The molecule has 0 unspecified atom stereocenters.